The molecular formula is C23H14BrCl2FN2O. The van der Waals surface area contributed by atoms with Gasteiger partial charge in [0.15, 0.2) is 0 Å². The van der Waals surface area contributed by atoms with Crippen LogP contribution in [-0.2, 0) is 11.2 Å². The zero-order valence-corrected chi connectivity index (χ0v) is 18.5. The molecule has 1 amide bonds. The van der Waals surface area contributed by atoms with Crippen molar-refractivity contribution in [3.05, 3.63) is 103 Å². The maximum absolute atomic E-state index is 13.5. The van der Waals surface area contributed by atoms with Gasteiger partial charge in [-0.15, -0.1) is 0 Å². The van der Waals surface area contributed by atoms with Gasteiger partial charge in [-0.3, -0.25) is 4.79 Å². The Morgan fingerprint density at radius 3 is 2.60 bits per heavy atom. The first-order valence-corrected chi connectivity index (χ1v) is 10.3. The molecule has 0 spiro atoms. The Morgan fingerprint density at radius 2 is 1.90 bits per heavy atom. The van der Waals surface area contributed by atoms with Gasteiger partial charge in [-0.2, -0.15) is 5.26 Å². The summed E-state index contributed by atoms with van der Waals surface area (Å²) >= 11 is 15.3. The molecule has 30 heavy (non-hydrogen) atoms. The van der Waals surface area contributed by atoms with Crippen LogP contribution in [0, 0.1) is 17.1 Å². The molecule has 3 aromatic carbocycles. The summed E-state index contributed by atoms with van der Waals surface area (Å²) in [6, 6.07) is 18.4. The number of hydrogen-bond donors (Lipinski definition) is 1. The molecular weight excluding hydrogens is 490 g/mol. The second-order valence-corrected chi connectivity index (χ2v) is 8.13. The molecule has 1 N–H and O–H groups in total. The van der Waals surface area contributed by atoms with Crippen LogP contribution in [0.15, 0.2) is 70.7 Å². The molecule has 0 radical (unpaired) electrons. The maximum Gasteiger partial charge on any atom is 0.266 e. The third-order valence-electron chi connectivity index (χ3n) is 4.23. The summed E-state index contributed by atoms with van der Waals surface area (Å²) < 4.78 is 14.3. The van der Waals surface area contributed by atoms with Crippen LogP contribution in [0.4, 0.5) is 10.1 Å². The summed E-state index contributed by atoms with van der Waals surface area (Å²) in [4.78, 5) is 12.6. The van der Waals surface area contributed by atoms with Crippen LogP contribution in [0.2, 0.25) is 10.0 Å². The molecule has 150 valence electrons. The number of nitrogens with one attached hydrogen (secondary N) is 1. The number of nitriles is 1. The molecule has 0 aliphatic carbocycles. The minimum Gasteiger partial charge on any atom is -0.321 e. The van der Waals surface area contributed by atoms with E-state index in [4.69, 9.17) is 23.2 Å². The van der Waals surface area contributed by atoms with E-state index >= 15 is 0 Å². The van der Waals surface area contributed by atoms with E-state index < -0.39 is 5.91 Å². The van der Waals surface area contributed by atoms with Crippen molar-refractivity contribution in [3.63, 3.8) is 0 Å². The second-order valence-electron chi connectivity index (χ2n) is 6.40. The number of anilines is 1. The molecule has 0 aliphatic rings. The fourth-order valence-electron chi connectivity index (χ4n) is 2.80. The highest BCUT2D eigenvalue weighted by molar-refractivity contribution is 9.10. The van der Waals surface area contributed by atoms with Crippen molar-refractivity contribution in [2.24, 2.45) is 0 Å². The van der Waals surface area contributed by atoms with Gasteiger partial charge in [0.25, 0.3) is 5.91 Å². The van der Waals surface area contributed by atoms with E-state index in [9.17, 15) is 14.4 Å². The van der Waals surface area contributed by atoms with Crippen molar-refractivity contribution in [2.75, 3.05) is 5.32 Å². The highest BCUT2D eigenvalue weighted by Crippen LogP contribution is 2.26. The standard InChI is InChI=1S/C23H14BrCl2FN2O/c24-18-5-4-15(8-14-2-1-3-19(27)9-14)16(11-18)10-17(13-28)23(30)29-20-6-7-21(25)22(26)12-20/h1-7,9-12H,8H2,(H,29,30)/b17-10+. The van der Waals surface area contributed by atoms with Crippen LogP contribution >= 0.6 is 39.1 Å². The molecule has 0 saturated carbocycles. The van der Waals surface area contributed by atoms with Gasteiger partial charge in [0.2, 0.25) is 0 Å². The van der Waals surface area contributed by atoms with Crippen molar-refractivity contribution < 1.29 is 9.18 Å². The number of rotatable bonds is 5. The van der Waals surface area contributed by atoms with Crippen molar-refractivity contribution in [3.8, 4) is 6.07 Å². The van der Waals surface area contributed by atoms with Gasteiger partial charge in [-0.05, 0) is 71.7 Å². The van der Waals surface area contributed by atoms with Crippen molar-refractivity contribution in [1.29, 1.82) is 5.26 Å². The zero-order valence-electron chi connectivity index (χ0n) is 15.4. The molecule has 3 nitrogen and oxygen atoms in total. The first kappa shape index (κ1) is 22.0. The molecule has 3 aromatic rings. The number of benzene rings is 3. The molecule has 3 rings (SSSR count). The smallest absolute Gasteiger partial charge is 0.266 e. The summed E-state index contributed by atoms with van der Waals surface area (Å²) in [6.07, 6.45) is 1.95. The van der Waals surface area contributed by atoms with Gasteiger partial charge in [0.05, 0.1) is 10.0 Å². The Hall–Kier alpha value is -2.65. The quantitative estimate of drug-likeness (QED) is 0.300. The summed E-state index contributed by atoms with van der Waals surface area (Å²) in [6.45, 7) is 0. The molecule has 0 aliphatic heterocycles. The van der Waals surface area contributed by atoms with E-state index in [-0.39, 0.29) is 11.4 Å². The third kappa shape index (κ3) is 5.70. The minimum atomic E-state index is -0.576. The lowest BCUT2D eigenvalue weighted by atomic mass is 9.98. The monoisotopic (exact) mass is 502 g/mol. The first-order chi connectivity index (χ1) is 14.4. The number of hydrogen-bond acceptors (Lipinski definition) is 2. The van der Waals surface area contributed by atoms with Crippen LogP contribution in [0.25, 0.3) is 6.08 Å². The van der Waals surface area contributed by atoms with Crippen molar-refractivity contribution in [2.45, 2.75) is 6.42 Å². The normalized spacial score (nSPS) is 11.1. The lowest BCUT2D eigenvalue weighted by Gasteiger charge is -2.09. The Labute approximate surface area is 191 Å². The third-order valence-corrected chi connectivity index (χ3v) is 5.47. The number of amides is 1. The highest BCUT2D eigenvalue weighted by Gasteiger charge is 2.13. The molecule has 0 unspecified atom stereocenters. The molecule has 0 saturated heterocycles. The summed E-state index contributed by atoms with van der Waals surface area (Å²) in [5.41, 5.74) is 2.64. The fourth-order valence-corrected chi connectivity index (χ4v) is 3.48. The second kappa shape index (κ2) is 9.90. The predicted octanol–water partition coefficient (Wildman–Crippen LogP) is 7.03. The number of halogens is 4. The Balaban J connectivity index is 1.90. The molecule has 0 fully saturated rings. The topological polar surface area (TPSA) is 52.9 Å². The predicted molar refractivity (Wildman–Crippen MR) is 122 cm³/mol. The van der Waals surface area contributed by atoms with E-state index in [0.717, 1.165) is 15.6 Å². The maximum atomic E-state index is 13.5. The van der Waals surface area contributed by atoms with Gasteiger partial charge < -0.3 is 5.32 Å². The number of carbonyl (C=O) groups is 1. The van der Waals surface area contributed by atoms with E-state index in [1.807, 2.05) is 24.3 Å². The van der Waals surface area contributed by atoms with Gasteiger partial charge >= 0.3 is 0 Å². The van der Waals surface area contributed by atoms with Crippen LogP contribution in [0.3, 0.4) is 0 Å². The fraction of sp³-hybridized carbons (Fsp3) is 0.0435. The largest absolute Gasteiger partial charge is 0.321 e. The van der Waals surface area contributed by atoms with Crippen LogP contribution in [0.5, 0.6) is 0 Å². The summed E-state index contributed by atoms with van der Waals surface area (Å²) in [5, 5.41) is 12.8. The number of nitrogens with zero attached hydrogens (tertiary/aromatic N) is 1. The molecule has 7 heteroatoms. The Bertz CT molecular complexity index is 1190. The van der Waals surface area contributed by atoms with Crippen molar-refractivity contribution >= 4 is 56.8 Å². The van der Waals surface area contributed by atoms with Gasteiger partial charge in [0.1, 0.15) is 17.5 Å². The molecule has 0 atom stereocenters. The average Bonchev–Trinajstić information content (AvgIpc) is 2.70. The summed E-state index contributed by atoms with van der Waals surface area (Å²) in [5.74, 6) is -0.895. The van der Waals surface area contributed by atoms with Crippen molar-refractivity contribution in [1.82, 2.24) is 0 Å². The molecule has 0 aromatic heterocycles. The van der Waals surface area contributed by atoms with Gasteiger partial charge in [-0.1, -0.05) is 57.3 Å². The molecule has 0 bridgehead atoms. The van der Waals surface area contributed by atoms with E-state index in [0.29, 0.717) is 27.7 Å². The van der Waals surface area contributed by atoms with E-state index in [2.05, 4.69) is 21.2 Å². The SMILES string of the molecule is N#C/C(=C\c1cc(Br)ccc1Cc1cccc(F)c1)C(=O)Nc1ccc(Cl)c(Cl)c1. The average molecular weight is 504 g/mol. The Morgan fingerprint density at radius 1 is 1.10 bits per heavy atom. The molecule has 0 heterocycles. The minimum absolute atomic E-state index is 0.0836. The van der Waals surface area contributed by atoms with Gasteiger partial charge in [-0.25, -0.2) is 4.39 Å². The highest BCUT2D eigenvalue weighted by atomic mass is 79.9. The van der Waals surface area contributed by atoms with Crippen LogP contribution in [0.1, 0.15) is 16.7 Å². The van der Waals surface area contributed by atoms with Gasteiger partial charge in [0, 0.05) is 10.2 Å². The van der Waals surface area contributed by atoms with Crippen LogP contribution in [-0.4, -0.2) is 5.91 Å². The Kier molecular flexibility index (Phi) is 7.28. The van der Waals surface area contributed by atoms with Crippen LogP contribution < -0.4 is 5.32 Å². The lowest BCUT2D eigenvalue weighted by Crippen LogP contribution is -2.13. The van der Waals surface area contributed by atoms with E-state index in [1.54, 1.807) is 24.3 Å². The lowest BCUT2D eigenvalue weighted by molar-refractivity contribution is -0.112. The van der Waals surface area contributed by atoms with E-state index in [1.165, 1.54) is 24.3 Å². The zero-order chi connectivity index (χ0) is 21.7. The number of carbonyl (C=O) groups excluding carboxylic acids is 1. The first-order valence-electron chi connectivity index (χ1n) is 8.77. The summed E-state index contributed by atoms with van der Waals surface area (Å²) in [7, 11) is 0.